The Morgan fingerprint density at radius 2 is 1.72 bits per heavy atom. The minimum absolute atomic E-state index is 0.325. The molecule has 2 aromatic rings. The second-order valence-electron chi connectivity index (χ2n) is 5.46. The fourth-order valence-electron chi connectivity index (χ4n) is 2.28. The monoisotopic (exact) mass is 343 g/mol. The first kappa shape index (κ1) is 18.5. The highest BCUT2D eigenvalue weighted by atomic mass is 16.5. The van der Waals surface area contributed by atoms with Gasteiger partial charge in [0.1, 0.15) is 18.4 Å². The van der Waals surface area contributed by atoms with Gasteiger partial charge in [-0.15, -0.1) is 0 Å². The van der Waals surface area contributed by atoms with E-state index in [4.69, 9.17) is 15.2 Å². The van der Waals surface area contributed by atoms with Gasteiger partial charge in [0.2, 0.25) is 0 Å². The molecule has 0 radical (unpaired) electrons. The number of methoxy groups -OCH3 is 2. The number of hydrogen-bond acceptors (Lipinski definition) is 6. The van der Waals surface area contributed by atoms with Crippen molar-refractivity contribution in [2.24, 2.45) is 5.73 Å². The van der Waals surface area contributed by atoms with Gasteiger partial charge in [-0.25, -0.2) is 4.79 Å². The first-order chi connectivity index (χ1) is 12.0. The molecule has 6 nitrogen and oxygen atoms in total. The molecule has 0 aromatic heterocycles. The van der Waals surface area contributed by atoms with Crippen molar-refractivity contribution >= 4 is 11.9 Å². The van der Waals surface area contributed by atoms with Gasteiger partial charge in [-0.3, -0.25) is 4.79 Å². The number of carbonyl (C=O) groups excluding carboxylic acids is 2. The largest absolute Gasteiger partial charge is 0.489 e. The van der Waals surface area contributed by atoms with E-state index in [0.29, 0.717) is 24.3 Å². The molecule has 0 fully saturated rings. The standard InChI is InChI=1S/C19H21NO5/c1-23-18(21)15-5-3-4-14(10-15)12-25-16-8-6-13(7-9-16)11-17(20)19(22)24-2/h3-10,17H,11-12,20H2,1-2H3. The van der Waals surface area contributed by atoms with Gasteiger partial charge in [-0.2, -0.15) is 0 Å². The summed E-state index contributed by atoms with van der Waals surface area (Å²) < 4.78 is 15.0. The van der Waals surface area contributed by atoms with Crippen LogP contribution in [-0.4, -0.2) is 32.2 Å². The number of esters is 2. The van der Waals surface area contributed by atoms with Crippen LogP contribution in [0.3, 0.4) is 0 Å². The van der Waals surface area contributed by atoms with Gasteiger partial charge >= 0.3 is 11.9 Å². The Labute approximate surface area is 146 Å². The number of carbonyl (C=O) groups is 2. The Kier molecular flexibility index (Phi) is 6.54. The topological polar surface area (TPSA) is 87.9 Å². The zero-order valence-corrected chi connectivity index (χ0v) is 14.2. The number of nitrogens with two attached hydrogens (primary N) is 1. The molecule has 0 bridgehead atoms. The zero-order chi connectivity index (χ0) is 18.2. The molecule has 6 heteroatoms. The van der Waals surface area contributed by atoms with E-state index >= 15 is 0 Å². The van der Waals surface area contributed by atoms with Crippen LogP contribution in [-0.2, 0) is 27.3 Å². The lowest BCUT2D eigenvalue weighted by Gasteiger charge is -2.11. The van der Waals surface area contributed by atoms with E-state index in [9.17, 15) is 9.59 Å². The number of hydrogen-bond donors (Lipinski definition) is 1. The van der Waals surface area contributed by atoms with Gasteiger partial charge in [0.25, 0.3) is 0 Å². The summed E-state index contributed by atoms with van der Waals surface area (Å²) in [7, 11) is 2.66. The van der Waals surface area contributed by atoms with Gasteiger partial charge in [0.05, 0.1) is 19.8 Å². The summed E-state index contributed by atoms with van der Waals surface area (Å²) in [5.41, 5.74) is 8.00. The van der Waals surface area contributed by atoms with Crippen LogP contribution in [0.4, 0.5) is 0 Å². The van der Waals surface area contributed by atoms with Crippen molar-refractivity contribution in [2.45, 2.75) is 19.1 Å². The lowest BCUT2D eigenvalue weighted by atomic mass is 10.1. The van der Waals surface area contributed by atoms with Crippen molar-refractivity contribution in [3.05, 3.63) is 65.2 Å². The SMILES string of the molecule is COC(=O)c1cccc(COc2ccc(CC(N)C(=O)OC)cc2)c1. The Morgan fingerprint density at radius 1 is 1.00 bits per heavy atom. The maximum atomic E-state index is 11.5. The van der Waals surface area contributed by atoms with Gasteiger partial charge in [-0.1, -0.05) is 24.3 Å². The smallest absolute Gasteiger partial charge is 0.337 e. The average molecular weight is 343 g/mol. The van der Waals surface area contributed by atoms with Crippen molar-refractivity contribution in [2.75, 3.05) is 14.2 Å². The Bertz CT molecular complexity index is 727. The van der Waals surface area contributed by atoms with Crippen LogP contribution in [0.2, 0.25) is 0 Å². The highest BCUT2D eigenvalue weighted by Crippen LogP contribution is 2.16. The molecule has 1 atom stereocenters. The fourth-order valence-corrected chi connectivity index (χ4v) is 2.28. The maximum Gasteiger partial charge on any atom is 0.337 e. The predicted octanol–water partition coefficient (Wildman–Crippen LogP) is 2.09. The Morgan fingerprint density at radius 3 is 2.36 bits per heavy atom. The van der Waals surface area contributed by atoms with E-state index < -0.39 is 12.0 Å². The van der Waals surface area contributed by atoms with E-state index in [0.717, 1.165) is 11.1 Å². The molecular formula is C19H21NO5. The van der Waals surface area contributed by atoms with E-state index in [1.807, 2.05) is 30.3 Å². The first-order valence-electron chi connectivity index (χ1n) is 7.76. The zero-order valence-electron chi connectivity index (χ0n) is 14.2. The molecule has 25 heavy (non-hydrogen) atoms. The van der Waals surface area contributed by atoms with Crippen LogP contribution in [0.1, 0.15) is 21.5 Å². The molecule has 2 aromatic carbocycles. The summed E-state index contributed by atoms with van der Waals surface area (Å²) in [5, 5.41) is 0. The van der Waals surface area contributed by atoms with Crippen molar-refractivity contribution in [1.82, 2.24) is 0 Å². The second kappa shape index (κ2) is 8.84. The van der Waals surface area contributed by atoms with Gasteiger partial charge in [0, 0.05) is 0 Å². The number of rotatable bonds is 7. The lowest BCUT2D eigenvalue weighted by molar-refractivity contribution is -0.142. The molecule has 1 unspecified atom stereocenters. The Hall–Kier alpha value is -2.86. The third kappa shape index (κ3) is 5.32. The van der Waals surface area contributed by atoms with Crippen LogP contribution in [0, 0.1) is 0 Å². The summed E-state index contributed by atoms with van der Waals surface area (Å²) >= 11 is 0. The molecule has 0 amide bonds. The quantitative estimate of drug-likeness (QED) is 0.775. The summed E-state index contributed by atoms with van der Waals surface area (Å²) in [6.45, 7) is 0.325. The van der Waals surface area contributed by atoms with Crippen molar-refractivity contribution in [3.63, 3.8) is 0 Å². The molecule has 0 aliphatic heterocycles. The van der Waals surface area contributed by atoms with Crippen molar-refractivity contribution in [3.8, 4) is 5.75 Å². The summed E-state index contributed by atoms with van der Waals surface area (Å²) in [5.74, 6) is -0.141. The van der Waals surface area contributed by atoms with Crippen LogP contribution >= 0.6 is 0 Å². The van der Waals surface area contributed by atoms with E-state index in [-0.39, 0.29) is 5.97 Å². The van der Waals surface area contributed by atoms with Crippen molar-refractivity contribution in [1.29, 1.82) is 0 Å². The fraction of sp³-hybridized carbons (Fsp3) is 0.263. The molecule has 2 N–H and O–H groups in total. The Balaban J connectivity index is 1.93. The predicted molar refractivity (Wildman–Crippen MR) is 92.3 cm³/mol. The van der Waals surface area contributed by atoms with Crippen LogP contribution < -0.4 is 10.5 Å². The average Bonchev–Trinajstić information content (AvgIpc) is 2.66. The molecule has 0 spiro atoms. The second-order valence-corrected chi connectivity index (χ2v) is 5.46. The summed E-state index contributed by atoms with van der Waals surface area (Å²) in [6, 6.07) is 13.7. The van der Waals surface area contributed by atoms with Gasteiger partial charge in [-0.05, 0) is 41.8 Å². The number of benzene rings is 2. The van der Waals surface area contributed by atoms with Gasteiger partial charge in [0.15, 0.2) is 0 Å². The molecule has 2 rings (SSSR count). The molecule has 0 aliphatic carbocycles. The minimum Gasteiger partial charge on any atom is -0.489 e. The minimum atomic E-state index is -0.683. The third-order valence-corrected chi connectivity index (χ3v) is 3.64. The van der Waals surface area contributed by atoms with Crippen LogP contribution in [0.15, 0.2) is 48.5 Å². The van der Waals surface area contributed by atoms with Crippen LogP contribution in [0.5, 0.6) is 5.75 Å². The third-order valence-electron chi connectivity index (χ3n) is 3.64. The summed E-state index contributed by atoms with van der Waals surface area (Å²) in [4.78, 5) is 22.9. The lowest BCUT2D eigenvalue weighted by Crippen LogP contribution is -2.33. The normalized spacial score (nSPS) is 11.5. The van der Waals surface area contributed by atoms with E-state index in [1.165, 1.54) is 14.2 Å². The molecule has 0 saturated carbocycles. The highest BCUT2D eigenvalue weighted by molar-refractivity contribution is 5.89. The molecule has 0 aliphatic rings. The van der Waals surface area contributed by atoms with Crippen molar-refractivity contribution < 1.29 is 23.8 Å². The first-order valence-corrected chi connectivity index (χ1v) is 7.76. The molecular weight excluding hydrogens is 322 g/mol. The highest BCUT2D eigenvalue weighted by Gasteiger charge is 2.14. The molecule has 0 saturated heterocycles. The molecule has 132 valence electrons. The summed E-state index contributed by atoms with van der Waals surface area (Å²) in [6.07, 6.45) is 0.397. The molecule has 0 heterocycles. The van der Waals surface area contributed by atoms with E-state index in [1.54, 1.807) is 18.2 Å². The van der Waals surface area contributed by atoms with Crippen LogP contribution in [0.25, 0.3) is 0 Å². The number of ether oxygens (including phenoxy) is 3. The maximum absolute atomic E-state index is 11.5. The van der Waals surface area contributed by atoms with E-state index in [2.05, 4.69) is 4.74 Å². The van der Waals surface area contributed by atoms with Gasteiger partial charge < -0.3 is 19.9 Å².